The van der Waals surface area contributed by atoms with Crippen LogP contribution < -0.4 is 15.8 Å². The average molecular weight is 239 g/mol. The van der Waals surface area contributed by atoms with Crippen LogP contribution in [0.1, 0.15) is 6.42 Å². The lowest BCUT2D eigenvalue weighted by Gasteiger charge is -2.06. The summed E-state index contributed by atoms with van der Waals surface area (Å²) in [5, 5.41) is 13.6. The number of benzene rings is 1. The molecule has 0 aliphatic carbocycles. The van der Waals surface area contributed by atoms with Gasteiger partial charge in [0.25, 0.3) is 5.69 Å². The van der Waals surface area contributed by atoms with Gasteiger partial charge in [-0.05, 0) is 31.6 Å². The Labute approximate surface area is 99.9 Å². The fourth-order valence-corrected chi connectivity index (χ4v) is 1.26. The molecule has 1 rings (SSSR count). The minimum Gasteiger partial charge on any atom is -0.492 e. The summed E-state index contributed by atoms with van der Waals surface area (Å²) >= 11 is 0. The number of hydrogen-bond donors (Lipinski definition) is 2. The Morgan fingerprint density at radius 1 is 1.29 bits per heavy atom. The van der Waals surface area contributed by atoms with Crippen molar-refractivity contribution in [3.63, 3.8) is 0 Å². The lowest BCUT2D eigenvalue weighted by atomic mass is 10.3. The van der Waals surface area contributed by atoms with Gasteiger partial charge in [-0.15, -0.1) is 0 Å². The van der Waals surface area contributed by atoms with Gasteiger partial charge in [-0.2, -0.15) is 0 Å². The second-order valence-electron chi connectivity index (χ2n) is 3.49. The molecule has 0 aromatic heterocycles. The van der Waals surface area contributed by atoms with E-state index in [4.69, 9.17) is 10.5 Å². The lowest BCUT2D eigenvalue weighted by Crippen LogP contribution is -2.23. The SMILES string of the molecule is NCCCNCCOc1ccc([N+](=O)[O-])cc1. The van der Waals surface area contributed by atoms with Crippen molar-refractivity contribution < 1.29 is 9.66 Å². The van der Waals surface area contributed by atoms with Crippen molar-refractivity contribution in [2.75, 3.05) is 26.2 Å². The molecule has 0 aliphatic heterocycles. The molecule has 0 spiro atoms. The largest absolute Gasteiger partial charge is 0.492 e. The molecular formula is C11H17N3O3. The van der Waals surface area contributed by atoms with Gasteiger partial charge in [-0.25, -0.2) is 0 Å². The molecule has 0 aliphatic rings. The second-order valence-corrected chi connectivity index (χ2v) is 3.49. The Kier molecular flexibility index (Phi) is 5.98. The molecule has 0 unspecified atom stereocenters. The first kappa shape index (κ1) is 13.4. The molecule has 6 heteroatoms. The molecule has 0 saturated heterocycles. The predicted octanol–water partition coefficient (Wildman–Crippen LogP) is 0.912. The molecule has 6 nitrogen and oxygen atoms in total. The molecule has 94 valence electrons. The van der Waals surface area contributed by atoms with Gasteiger partial charge in [0.2, 0.25) is 0 Å². The third-order valence-corrected chi connectivity index (χ3v) is 2.15. The van der Waals surface area contributed by atoms with Crippen molar-refractivity contribution in [1.29, 1.82) is 0 Å². The molecule has 0 heterocycles. The Hall–Kier alpha value is -1.66. The number of hydrogen-bond acceptors (Lipinski definition) is 5. The van der Waals surface area contributed by atoms with E-state index in [-0.39, 0.29) is 5.69 Å². The van der Waals surface area contributed by atoms with E-state index in [0.29, 0.717) is 18.9 Å². The highest BCUT2D eigenvalue weighted by molar-refractivity contribution is 5.35. The average Bonchev–Trinajstić information content (AvgIpc) is 2.34. The molecule has 3 N–H and O–H groups in total. The van der Waals surface area contributed by atoms with E-state index in [1.165, 1.54) is 12.1 Å². The van der Waals surface area contributed by atoms with E-state index < -0.39 is 4.92 Å². The normalized spacial score (nSPS) is 10.2. The Morgan fingerprint density at radius 2 is 2.00 bits per heavy atom. The molecule has 17 heavy (non-hydrogen) atoms. The van der Waals surface area contributed by atoms with Crippen LogP contribution in [0.3, 0.4) is 0 Å². The monoisotopic (exact) mass is 239 g/mol. The molecule has 0 saturated carbocycles. The van der Waals surface area contributed by atoms with Gasteiger partial charge in [0.15, 0.2) is 0 Å². The minimum absolute atomic E-state index is 0.0680. The van der Waals surface area contributed by atoms with Crippen LogP contribution in [0.25, 0.3) is 0 Å². The van der Waals surface area contributed by atoms with Gasteiger partial charge in [0.1, 0.15) is 12.4 Å². The predicted molar refractivity (Wildman–Crippen MR) is 65.1 cm³/mol. The number of non-ortho nitro benzene ring substituents is 1. The fraction of sp³-hybridized carbons (Fsp3) is 0.455. The number of nitrogens with zero attached hydrogens (tertiary/aromatic N) is 1. The summed E-state index contributed by atoms with van der Waals surface area (Å²) < 4.78 is 5.40. The summed E-state index contributed by atoms with van der Waals surface area (Å²) in [7, 11) is 0. The zero-order chi connectivity index (χ0) is 12.5. The van der Waals surface area contributed by atoms with E-state index in [2.05, 4.69) is 5.32 Å². The van der Waals surface area contributed by atoms with E-state index in [0.717, 1.165) is 19.5 Å². The van der Waals surface area contributed by atoms with Crippen molar-refractivity contribution >= 4 is 5.69 Å². The van der Waals surface area contributed by atoms with E-state index in [9.17, 15) is 10.1 Å². The van der Waals surface area contributed by atoms with Crippen LogP contribution in [0.5, 0.6) is 5.75 Å². The smallest absolute Gasteiger partial charge is 0.269 e. The summed E-state index contributed by atoms with van der Waals surface area (Å²) in [6.45, 7) is 2.82. The Morgan fingerprint density at radius 3 is 2.59 bits per heavy atom. The maximum absolute atomic E-state index is 10.4. The minimum atomic E-state index is -0.432. The fourth-order valence-electron chi connectivity index (χ4n) is 1.26. The first-order valence-corrected chi connectivity index (χ1v) is 5.52. The van der Waals surface area contributed by atoms with Gasteiger partial charge in [-0.3, -0.25) is 10.1 Å². The van der Waals surface area contributed by atoms with Gasteiger partial charge in [0.05, 0.1) is 4.92 Å². The Bertz CT molecular complexity index is 340. The van der Waals surface area contributed by atoms with Gasteiger partial charge in [0, 0.05) is 18.7 Å². The Balaban J connectivity index is 2.21. The number of nitrogens with two attached hydrogens (primary N) is 1. The van der Waals surface area contributed by atoms with Crippen LogP contribution >= 0.6 is 0 Å². The van der Waals surface area contributed by atoms with Gasteiger partial charge < -0.3 is 15.8 Å². The zero-order valence-corrected chi connectivity index (χ0v) is 9.59. The van der Waals surface area contributed by atoms with Gasteiger partial charge in [-0.1, -0.05) is 0 Å². The zero-order valence-electron chi connectivity index (χ0n) is 9.59. The molecular weight excluding hydrogens is 222 g/mol. The highest BCUT2D eigenvalue weighted by Gasteiger charge is 2.03. The number of nitro groups is 1. The van der Waals surface area contributed by atoms with Gasteiger partial charge >= 0.3 is 0 Å². The van der Waals surface area contributed by atoms with Crippen LogP contribution in [0.2, 0.25) is 0 Å². The molecule has 0 atom stereocenters. The van der Waals surface area contributed by atoms with Crippen molar-refractivity contribution in [2.24, 2.45) is 5.73 Å². The van der Waals surface area contributed by atoms with Crippen molar-refractivity contribution in [1.82, 2.24) is 5.32 Å². The summed E-state index contributed by atoms with van der Waals surface area (Å²) in [5.41, 5.74) is 5.41. The van der Waals surface area contributed by atoms with Crippen LogP contribution in [-0.4, -0.2) is 31.2 Å². The molecule has 1 aromatic rings. The number of rotatable bonds is 8. The third-order valence-electron chi connectivity index (χ3n) is 2.15. The third kappa shape index (κ3) is 5.28. The maximum Gasteiger partial charge on any atom is 0.269 e. The first-order valence-electron chi connectivity index (χ1n) is 5.52. The van der Waals surface area contributed by atoms with Crippen LogP contribution in [0.15, 0.2) is 24.3 Å². The summed E-state index contributed by atoms with van der Waals surface area (Å²) in [4.78, 5) is 9.99. The molecule has 0 fully saturated rings. The topological polar surface area (TPSA) is 90.4 Å². The van der Waals surface area contributed by atoms with Crippen molar-refractivity contribution in [3.05, 3.63) is 34.4 Å². The molecule has 1 aromatic carbocycles. The van der Waals surface area contributed by atoms with Crippen LogP contribution in [0, 0.1) is 10.1 Å². The van der Waals surface area contributed by atoms with E-state index in [1.807, 2.05) is 0 Å². The lowest BCUT2D eigenvalue weighted by molar-refractivity contribution is -0.384. The molecule has 0 amide bonds. The maximum atomic E-state index is 10.4. The molecule has 0 bridgehead atoms. The van der Waals surface area contributed by atoms with Crippen molar-refractivity contribution in [3.8, 4) is 5.75 Å². The highest BCUT2D eigenvalue weighted by atomic mass is 16.6. The van der Waals surface area contributed by atoms with E-state index >= 15 is 0 Å². The quantitative estimate of drug-likeness (QED) is 0.400. The summed E-state index contributed by atoms with van der Waals surface area (Å²) in [6.07, 6.45) is 0.942. The van der Waals surface area contributed by atoms with Crippen LogP contribution in [-0.2, 0) is 0 Å². The highest BCUT2D eigenvalue weighted by Crippen LogP contribution is 2.16. The van der Waals surface area contributed by atoms with Crippen molar-refractivity contribution in [2.45, 2.75) is 6.42 Å². The second kappa shape index (κ2) is 7.59. The molecule has 0 radical (unpaired) electrons. The van der Waals surface area contributed by atoms with Crippen LogP contribution in [0.4, 0.5) is 5.69 Å². The number of ether oxygens (including phenoxy) is 1. The number of nitro benzene ring substituents is 1. The first-order chi connectivity index (χ1) is 8.24. The number of nitrogens with one attached hydrogen (secondary N) is 1. The summed E-state index contributed by atoms with van der Waals surface area (Å²) in [6, 6.07) is 6.05. The van der Waals surface area contributed by atoms with E-state index in [1.54, 1.807) is 12.1 Å². The standard InChI is InChI=1S/C11H17N3O3/c12-6-1-7-13-8-9-17-11-4-2-10(3-5-11)14(15)16/h2-5,13H,1,6-9,12H2. The summed E-state index contributed by atoms with van der Waals surface area (Å²) in [5.74, 6) is 0.635.